The van der Waals surface area contributed by atoms with Crippen molar-refractivity contribution in [1.29, 1.82) is 0 Å². The molecule has 2 fully saturated rings. The Labute approximate surface area is 282 Å². The number of urea groups is 1. The molecule has 13 heteroatoms. The fraction of sp³-hybridized carbons (Fsp3) is 0.353. The van der Waals surface area contributed by atoms with Gasteiger partial charge in [0, 0.05) is 68.1 Å². The van der Waals surface area contributed by atoms with Crippen LogP contribution in [0.25, 0.3) is 22.4 Å². The maximum Gasteiger partial charge on any atom is 0.325 e. The summed E-state index contributed by atoms with van der Waals surface area (Å²) >= 11 is 13.9. The number of pyridine rings is 1. The number of anilines is 1. The molecule has 4 heterocycles. The fourth-order valence-electron chi connectivity index (χ4n) is 7.24. The Bertz CT molecular complexity index is 1860. The van der Waals surface area contributed by atoms with Crippen molar-refractivity contribution >= 4 is 46.7 Å². The summed E-state index contributed by atoms with van der Waals surface area (Å²) in [6.07, 6.45) is 3.18. The Morgan fingerprint density at radius 1 is 1.06 bits per heavy atom. The van der Waals surface area contributed by atoms with Gasteiger partial charge in [-0.05, 0) is 37.0 Å². The molecule has 7 rings (SSSR count). The number of hydrogen-bond acceptors (Lipinski definition) is 7. The second kappa shape index (κ2) is 11.8. The lowest BCUT2D eigenvalue weighted by Gasteiger charge is -2.50. The van der Waals surface area contributed by atoms with Gasteiger partial charge in [0.2, 0.25) is 11.8 Å². The van der Waals surface area contributed by atoms with E-state index in [1.807, 2.05) is 24.3 Å². The van der Waals surface area contributed by atoms with Gasteiger partial charge in [0.1, 0.15) is 0 Å². The van der Waals surface area contributed by atoms with Crippen molar-refractivity contribution in [3.8, 4) is 28.3 Å². The van der Waals surface area contributed by atoms with Crippen LogP contribution in [-0.2, 0) is 16.0 Å². The first kappa shape index (κ1) is 31.4. The van der Waals surface area contributed by atoms with Crippen molar-refractivity contribution in [2.75, 3.05) is 39.6 Å². The SMILES string of the molecule is COc1nc(-c2cccc(-c3cccc(NC(=O)C4=CN(C)C(=O)N(C)C4O)c3Cl)c2Cl)cc2c1[C@H](N1CC3(CCC(=O)N3)C1)CC2. The summed E-state index contributed by atoms with van der Waals surface area (Å²) in [5.74, 6) is 0.100. The van der Waals surface area contributed by atoms with Gasteiger partial charge in [-0.2, -0.15) is 0 Å². The van der Waals surface area contributed by atoms with E-state index >= 15 is 0 Å². The molecule has 1 aromatic heterocycles. The van der Waals surface area contributed by atoms with Crippen LogP contribution in [0.3, 0.4) is 0 Å². The number of likely N-dealkylation sites (N-methyl/N-ethyl adjacent to an activating group) is 1. The number of hydrogen-bond donors (Lipinski definition) is 3. The lowest BCUT2D eigenvalue weighted by molar-refractivity contribution is -0.121. The summed E-state index contributed by atoms with van der Waals surface area (Å²) in [6, 6.07) is 12.7. The average Bonchev–Trinajstić information content (AvgIpc) is 3.65. The third-order valence-electron chi connectivity index (χ3n) is 9.67. The van der Waals surface area contributed by atoms with Gasteiger partial charge >= 0.3 is 6.03 Å². The number of rotatable bonds is 6. The number of likely N-dealkylation sites (tertiary alicyclic amines) is 1. The molecule has 0 bridgehead atoms. The van der Waals surface area contributed by atoms with Crippen molar-refractivity contribution in [1.82, 2.24) is 25.0 Å². The minimum absolute atomic E-state index is 0.00566. The van der Waals surface area contributed by atoms with Crippen LogP contribution in [0.2, 0.25) is 10.0 Å². The number of aliphatic hydroxyl groups excluding tert-OH is 1. The molecular formula is C34H34Cl2N6O5. The van der Waals surface area contributed by atoms with Gasteiger partial charge in [0.05, 0.1) is 39.6 Å². The van der Waals surface area contributed by atoms with Gasteiger partial charge in [0.15, 0.2) is 6.23 Å². The Hall–Kier alpha value is -4.16. The van der Waals surface area contributed by atoms with Crippen molar-refractivity contribution < 1.29 is 24.2 Å². The molecule has 2 aromatic carbocycles. The Balaban J connectivity index is 1.16. The smallest absolute Gasteiger partial charge is 0.325 e. The van der Waals surface area contributed by atoms with Crippen LogP contribution in [0, 0.1) is 0 Å². The van der Waals surface area contributed by atoms with Crippen LogP contribution >= 0.6 is 23.2 Å². The highest BCUT2D eigenvalue weighted by atomic mass is 35.5. The first-order valence-corrected chi connectivity index (χ1v) is 16.2. The molecule has 3 N–H and O–H groups in total. The average molecular weight is 678 g/mol. The van der Waals surface area contributed by atoms with Crippen LogP contribution in [-0.4, -0.2) is 88.7 Å². The van der Waals surface area contributed by atoms with Gasteiger partial charge in [-0.3, -0.25) is 19.4 Å². The number of fused-ring (bicyclic) bond motifs is 1. The number of halogens is 2. The minimum atomic E-state index is -1.41. The topological polar surface area (TPSA) is 127 Å². The van der Waals surface area contributed by atoms with Gasteiger partial charge in [-0.1, -0.05) is 53.5 Å². The predicted octanol–water partition coefficient (Wildman–Crippen LogP) is 4.82. The summed E-state index contributed by atoms with van der Waals surface area (Å²) in [7, 11) is 4.54. The number of carbonyl (C=O) groups is 3. The number of aromatic nitrogens is 1. The summed E-state index contributed by atoms with van der Waals surface area (Å²) in [4.78, 5) is 46.8. The van der Waals surface area contributed by atoms with E-state index < -0.39 is 18.2 Å². The summed E-state index contributed by atoms with van der Waals surface area (Å²) < 4.78 is 5.85. The number of methoxy groups -OCH3 is 1. The second-order valence-electron chi connectivity index (χ2n) is 12.6. The zero-order chi connectivity index (χ0) is 33.2. The van der Waals surface area contributed by atoms with E-state index in [0.29, 0.717) is 45.4 Å². The molecule has 1 unspecified atom stereocenters. The number of aryl methyl sites for hydroxylation is 1. The lowest BCUT2D eigenvalue weighted by Crippen LogP contribution is -2.67. The third-order valence-corrected chi connectivity index (χ3v) is 10.5. The maximum atomic E-state index is 13.2. The summed E-state index contributed by atoms with van der Waals surface area (Å²) in [5, 5.41) is 17.2. The van der Waals surface area contributed by atoms with Gasteiger partial charge in [-0.25, -0.2) is 9.78 Å². The number of carbonyl (C=O) groups excluding carboxylic acids is 3. The summed E-state index contributed by atoms with van der Waals surface area (Å²) in [5.41, 5.74) is 5.10. The van der Waals surface area contributed by atoms with Gasteiger partial charge in [0.25, 0.3) is 5.91 Å². The van der Waals surface area contributed by atoms with Crippen molar-refractivity contribution in [3.05, 3.63) is 75.4 Å². The number of ether oxygens (including phenoxy) is 1. The molecular weight excluding hydrogens is 643 g/mol. The normalized spacial score (nSPS) is 21.8. The van der Waals surface area contributed by atoms with Crippen LogP contribution < -0.4 is 15.4 Å². The van der Waals surface area contributed by atoms with E-state index in [2.05, 4.69) is 21.6 Å². The third kappa shape index (κ3) is 5.31. The van der Waals surface area contributed by atoms with E-state index in [1.165, 1.54) is 25.2 Å². The van der Waals surface area contributed by atoms with Crippen LogP contribution in [0.1, 0.15) is 36.4 Å². The van der Waals surface area contributed by atoms with Crippen LogP contribution in [0.5, 0.6) is 5.88 Å². The molecule has 2 atom stereocenters. The molecule has 0 radical (unpaired) electrons. The lowest BCUT2D eigenvalue weighted by atomic mass is 9.86. The van der Waals surface area contributed by atoms with E-state index in [4.69, 9.17) is 32.9 Å². The molecule has 4 aliphatic rings. The minimum Gasteiger partial charge on any atom is -0.481 e. The van der Waals surface area contributed by atoms with Gasteiger partial charge < -0.3 is 25.4 Å². The van der Waals surface area contributed by atoms with Crippen molar-refractivity contribution in [2.24, 2.45) is 0 Å². The van der Waals surface area contributed by atoms with Crippen molar-refractivity contribution in [2.45, 2.75) is 43.5 Å². The van der Waals surface area contributed by atoms with Crippen LogP contribution in [0.15, 0.2) is 54.2 Å². The quantitative estimate of drug-likeness (QED) is 0.342. The van der Waals surface area contributed by atoms with E-state index in [0.717, 1.165) is 48.4 Å². The molecule has 244 valence electrons. The molecule has 0 saturated carbocycles. The van der Waals surface area contributed by atoms with E-state index in [1.54, 1.807) is 19.2 Å². The largest absolute Gasteiger partial charge is 0.481 e. The highest BCUT2D eigenvalue weighted by Crippen LogP contribution is 2.48. The zero-order valence-electron chi connectivity index (χ0n) is 26.1. The number of benzene rings is 2. The maximum absolute atomic E-state index is 13.2. The van der Waals surface area contributed by atoms with E-state index in [9.17, 15) is 19.5 Å². The number of amides is 4. The van der Waals surface area contributed by atoms with E-state index in [-0.39, 0.29) is 28.1 Å². The Morgan fingerprint density at radius 2 is 1.77 bits per heavy atom. The summed E-state index contributed by atoms with van der Waals surface area (Å²) in [6.45, 7) is 1.65. The molecule has 1 aliphatic carbocycles. The van der Waals surface area contributed by atoms with Crippen molar-refractivity contribution in [3.63, 3.8) is 0 Å². The first-order valence-electron chi connectivity index (χ1n) is 15.4. The molecule has 2 saturated heterocycles. The molecule has 1 spiro atoms. The number of nitrogens with one attached hydrogen (secondary N) is 2. The molecule has 4 amide bonds. The highest BCUT2D eigenvalue weighted by molar-refractivity contribution is 6.39. The first-order chi connectivity index (χ1) is 22.5. The zero-order valence-corrected chi connectivity index (χ0v) is 27.7. The molecule has 3 aromatic rings. The molecule has 11 nitrogen and oxygen atoms in total. The second-order valence-corrected chi connectivity index (χ2v) is 13.4. The molecule has 47 heavy (non-hydrogen) atoms. The Kier molecular flexibility index (Phi) is 7.91. The molecule has 3 aliphatic heterocycles. The monoisotopic (exact) mass is 676 g/mol. The van der Waals surface area contributed by atoms with Gasteiger partial charge in [-0.15, -0.1) is 0 Å². The van der Waals surface area contributed by atoms with Crippen LogP contribution in [0.4, 0.5) is 10.5 Å². The number of nitrogens with zero attached hydrogens (tertiary/aromatic N) is 4. The standard InChI is InChI=1S/C34H34Cl2N6O5/c1-40-15-22(32(45)41(2)33(40)46)30(44)37-23-9-5-7-20(29(23)36)19-6-4-8-21(28(19)35)24-14-18-10-11-25(27(18)31(38-24)47-3)42-16-34(17-42)13-12-26(43)39-34/h4-9,14-15,25,32,45H,10-13,16-17H2,1-3H3,(H,37,44)(H,39,43)/t25-,32?/m1/s1. The highest BCUT2D eigenvalue weighted by Gasteiger charge is 2.51. The fourth-order valence-corrected chi connectivity index (χ4v) is 7.84. The Morgan fingerprint density at radius 3 is 2.47 bits per heavy atom. The predicted molar refractivity (Wildman–Crippen MR) is 178 cm³/mol. The number of aliphatic hydroxyl groups is 1.